The van der Waals surface area contributed by atoms with Crippen LogP contribution in [0.2, 0.25) is 5.02 Å². The number of hydrogen-bond acceptors (Lipinski definition) is 7. The Labute approximate surface area is 213 Å². The van der Waals surface area contributed by atoms with Crippen LogP contribution in [0.4, 0.5) is 0 Å². The molecular weight excluding hydrogens is 492 g/mol. The van der Waals surface area contributed by atoms with Gasteiger partial charge in [0.25, 0.3) is 0 Å². The topological polar surface area (TPSA) is 122 Å². The van der Waals surface area contributed by atoms with Gasteiger partial charge in [-0.2, -0.15) is 0 Å². The van der Waals surface area contributed by atoms with Crippen molar-refractivity contribution in [3.05, 3.63) is 70.8 Å². The van der Waals surface area contributed by atoms with Crippen molar-refractivity contribution >= 4 is 35.3 Å². The van der Waals surface area contributed by atoms with Gasteiger partial charge in [-0.3, -0.25) is 9.80 Å². The molecule has 2 aromatic rings. The lowest BCUT2D eigenvalue weighted by Crippen LogP contribution is -2.50. The summed E-state index contributed by atoms with van der Waals surface area (Å²) >= 11 is 8.19. The fourth-order valence-corrected chi connectivity index (χ4v) is 5.46. The lowest BCUT2D eigenvalue weighted by atomic mass is 9.96. The Morgan fingerprint density at radius 3 is 2.31 bits per heavy atom. The molecule has 2 aliphatic rings. The highest BCUT2D eigenvalue weighted by molar-refractivity contribution is 7.99. The summed E-state index contributed by atoms with van der Waals surface area (Å²) in [7, 11) is 0. The molecule has 0 saturated carbocycles. The number of benzene rings is 2. The third-order valence-corrected chi connectivity index (χ3v) is 7.28. The number of halogens is 1. The van der Waals surface area contributed by atoms with Crippen molar-refractivity contribution in [3.8, 4) is 0 Å². The highest BCUT2D eigenvalue weighted by Gasteiger charge is 2.30. The first-order valence-corrected chi connectivity index (χ1v) is 12.4. The Bertz CT molecular complexity index is 1040. The summed E-state index contributed by atoms with van der Waals surface area (Å²) in [6, 6.07) is 15.2. The van der Waals surface area contributed by atoms with Gasteiger partial charge in [0, 0.05) is 65.7 Å². The van der Waals surface area contributed by atoms with Crippen LogP contribution >= 0.6 is 23.4 Å². The van der Waals surface area contributed by atoms with E-state index in [0.717, 1.165) is 37.6 Å². The van der Waals surface area contributed by atoms with Gasteiger partial charge in [-0.05, 0) is 41.8 Å². The molecule has 2 atom stereocenters. The second-order valence-corrected chi connectivity index (χ2v) is 9.81. The standard InChI is InChI=1S/C21H25ClN2O2S.C4H4O4/c22-16-5-6-21-18(12-16)19(11-15-3-1-2-4-20(15)27-21)24-9-7-23(8-10-24)13-17(26)14-25;5-3(6)1-2-4(7)8/h1-6,12,17,19,25-26H,7-11,13-14H2;1-2H,(H,5,6)(H,7,8)/b;2-1+. The number of carboxylic acid groups (broad SMARTS) is 2. The number of aliphatic carboxylic acids is 2. The van der Waals surface area contributed by atoms with E-state index in [4.69, 9.17) is 26.9 Å². The maximum absolute atomic E-state index is 9.71. The minimum atomic E-state index is -1.26. The normalized spacial score (nSPS) is 19.1. The predicted octanol–water partition coefficient (Wildman–Crippen LogP) is 2.77. The Kier molecular flexibility index (Phi) is 10.1. The zero-order valence-corrected chi connectivity index (χ0v) is 20.7. The van der Waals surface area contributed by atoms with Crippen LogP contribution in [0.25, 0.3) is 0 Å². The summed E-state index contributed by atoms with van der Waals surface area (Å²) in [6.07, 6.45) is 1.44. The summed E-state index contributed by atoms with van der Waals surface area (Å²) < 4.78 is 0. The van der Waals surface area contributed by atoms with Crippen LogP contribution < -0.4 is 0 Å². The average Bonchev–Trinajstić information content (AvgIpc) is 3.00. The smallest absolute Gasteiger partial charge is 0.328 e. The summed E-state index contributed by atoms with van der Waals surface area (Å²) in [5.41, 5.74) is 2.70. The minimum Gasteiger partial charge on any atom is -0.478 e. The molecule has 0 aliphatic carbocycles. The van der Waals surface area contributed by atoms with E-state index in [-0.39, 0.29) is 6.61 Å². The molecule has 4 N–H and O–H groups in total. The van der Waals surface area contributed by atoms with Crippen molar-refractivity contribution in [2.24, 2.45) is 0 Å². The quantitative estimate of drug-likeness (QED) is 0.426. The molecule has 2 unspecified atom stereocenters. The molecule has 2 heterocycles. The number of β-amino-alcohol motifs (C(OH)–C–C–N with tert-alkyl or cyclic N) is 1. The minimum absolute atomic E-state index is 0.178. The van der Waals surface area contributed by atoms with Gasteiger partial charge in [-0.15, -0.1) is 0 Å². The maximum Gasteiger partial charge on any atom is 0.328 e. The number of carboxylic acids is 2. The Morgan fingerprint density at radius 2 is 1.69 bits per heavy atom. The molecule has 10 heteroatoms. The molecule has 188 valence electrons. The van der Waals surface area contributed by atoms with E-state index in [1.807, 2.05) is 17.8 Å². The number of rotatable bonds is 6. The lowest BCUT2D eigenvalue weighted by Gasteiger charge is -2.40. The number of aliphatic hydroxyl groups excluding tert-OH is 2. The van der Waals surface area contributed by atoms with Crippen molar-refractivity contribution in [3.63, 3.8) is 0 Å². The lowest BCUT2D eigenvalue weighted by molar-refractivity contribution is -0.134. The zero-order valence-electron chi connectivity index (χ0n) is 19.1. The Balaban J connectivity index is 0.000000371. The molecular formula is C25H29ClN2O6S. The van der Waals surface area contributed by atoms with Gasteiger partial charge >= 0.3 is 11.9 Å². The second-order valence-electron chi connectivity index (χ2n) is 8.29. The maximum atomic E-state index is 9.71. The van der Waals surface area contributed by atoms with E-state index in [0.29, 0.717) is 24.7 Å². The number of carbonyl (C=O) groups is 2. The first-order valence-electron chi connectivity index (χ1n) is 11.2. The van der Waals surface area contributed by atoms with Crippen molar-refractivity contribution in [1.82, 2.24) is 9.80 Å². The molecule has 0 bridgehead atoms. The van der Waals surface area contributed by atoms with Gasteiger partial charge in [0.1, 0.15) is 0 Å². The van der Waals surface area contributed by atoms with Crippen LogP contribution in [-0.4, -0.2) is 87.6 Å². The molecule has 0 spiro atoms. The van der Waals surface area contributed by atoms with E-state index in [9.17, 15) is 14.7 Å². The average molecular weight is 521 g/mol. The van der Waals surface area contributed by atoms with E-state index < -0.39 is 18.0 Å². The van der Waals surface area contributed by atoms with Crippen LogP contribution in [0, 0.1) is 0 Å². The van der Waals surface area contributed by atoms with E-state index >= 15 is 0 Å². The van der Waals surface area contributed by atoms with Crippen molar-refractivity contribution < 1.29 is 30.0 Å². The predicted molar refractivity (Wildman–Crippen MR) is 134 cm³/mol. The van der Waals surface area contributed by atoms with E-state index in [1.165, 1.54) is 20.9 Å². The number of aliphatic hydroxyl groups is 2. The highest BCUT2D eigenvalue weighted by atomic mass is 35.5. The Morgan fingerprint density at radius 1 is 1.03 bits per heavy atom. The molecule has 0 radical (unpaired) electrons. The number of nitrogens with zero attached hydrogens (tertiary/aromatic N) is 2. The summed E-state index contributed by atoms with van der Waals surface area (Å²) in [4.78, 5) is 26.5. The van der Waals surface area contributed by atoms with Gasteiger partial charge in [0.2, 0.25) is 0 Å². The SMILES string of the molecule is O=C(O)/C=C/C(=O)O.OCC(O)CN1CCN(C2Cc3ccccc3Sc3ccc(Cl)cc32)CC1. The first-order chi connectivity index (χ1) is 16.8. The van der Waals surface area contributed by atoms with E-state index in [1.54, 1.807) is 0 Å². The fraction of sp³-hybridized carbons (Fsp3) is 0.360. The Hall–Kier alpha value is -2.40. The monoisotopic (exact) mass is 520 g/mol. The van der Waals surface area contributed by atoms with Crippen LogP contribution in [0.1, 0.15) is 17.2 Å². The van der Waals surface area contributed by atoms with Gasteiger partial charge in [0.15, 0.2) is 0 Å². The van der Waals surface area contributed by atoms with Gasteiger partial charge in [-0.1, -0.05) is 41.6 Å². The number of hydrogen-bond donors (Lipinski definition) is 4. The van der Waals surface area contributed by atoms with Crippen molar-refractivity contribution in [2.45, 2.75) is 28.4 Å². The van der Waals surface area contributed by atoms with Gasteiger partial charge < -0.3 is 20.4 Å². The largest absolute Gasteiger partial charge is 0.478 e. The first kappa shape index (κ1) is 27.2. The highest BCUT2D eigenvalue weighted by Crippen LogP contribution is 2.43. The molecule has 2 aromatic carbocycles. The molecule has 35 heavy (non-hydrogen) atoms. The summed E-state index contributed by atoms with van der Waals surface area (Å²) in [6.45, 7) is 4.05. The summed E-state index contributed by atoms with van der Waals surface area (Å²) in [5, 5.41) is 35.2. The number of piperazine rings is 1. The fourth-order valence-electron chi connectivity index (χ4n) is 4.16. The molecule has 4 rings (SSSR count). The van der Waals surface area contributed by atoms with Crippen LogP contribution in [0.5, 0.6) is 0 Å². The number of fused-ring (bicyclic) bond motifs is 2. The molecule has 0 aromatic heterocycles. The summed E-state index contributed by atoms with van der Waals surface area (Å²) in [5.74, 6) is -2.51. The van der Waals surface area contributed by atoms with E-state index in [2.05, 4.69) is 46.2 Å². The molecule has 1 fully saturated rings. The van der Waals surface area contributed by atoms with Gasteiger partial charge in [-0.25, -0.2) is 9.59 Å². The van der Waals surface area contributed by atoms with Crippen molar-refractivity contribution in [1.29, 1.82) is 0 Å². The molecule has 0 amide bonds. The van der Waals surface area contributed by atoms with Crippen LogP contribution in [-0.2, 0) is 16.0 Å². The third-order valence-electron chi connectivity index (χ3n) is 5.83. The zero-order chi connectivity index (χ0) is 25.4. The van der Waals surface area contributed by atoms with Crippen LogP contribution in [0.3, 0.4) is 0 Å². The molecule has 1 saturated heterocycles. The van der Waals surface area contributed by atoms with Gasteiger partial charge in [0.05, 0.1) is 12.7 Å². The second kappa shape index (κ2) is 13.1. The molecule has 2 aliphatic heterocycles. The third kappa shape index (κ3) is 8.06. The van der Waals surface area contributed by atoms with Crippen LogP contribution in [0.15, 0.2) is 64.4 Å². The van der Waals surface area contributed by atoms with Crippen molar-refractivity contribution in [2.75, 3.05) is 39.3 Å². The molecule has 8 nitrogen and oxygen atoms in total.